The highest BCUT2D eigenvalue weighted by Crippen LogP contribution is 2.51. The molecule has 0 N–H and O–H groups in total. The van der Waals surface area contributed by atoms with Crippen LogP contribution in [-0.2, 0) is 5.41 Å². The molecule has 0 aliphatic heterocycles. The third kappa shape index (κ3) is 3.46. The Morgan fingerprint density at radius 1 is 0.479 bits per heavy atom. The summed E-state index contributed by atoms with van der Waals surface area (Å²) in [5.41, 5.74) is 13.4. The smallest absolute Gasteiger partial charge is 0.136 e. The molecule has 0 fully saturated rings. The molecule has 0 amide bonds. The number of nitrogens with zero attached hydrogens (tertiary/aromatic N) is 1. The van der Waals surface area contributed by atoms with Crippen molar-refractivity contribution in [2.45, 2.75) is 19.3 Å². The Morgan fingerprint density at radius 3 is 2.06 bits per heavy atom. The Labute approximate surface area is 281 Å². The van der Waals surface area contributed by atoms with Gasteiger partial charge in [-0.2, -0.15) is 0 Å². The van der Waals surface area contributed by atoms with Crippen molar-refractivity contribution in [3.8, 4) is 27.9 Å². The quantitative estimate of drug-likeness (QED) is 0.186. The van der Waals surface area contributed by atoms with Gasteiger partial charge in [0, 0.05) is 52.8 Å². The maximum Gasteiger partial charge on any atom is 0.136 e. The molecule has 11 rings (SSSR count). The fourth-order valence-corrected chi connectivity index (χ4v) is 9.61. The number of para-hydroxylation sites is 2. The van der Waals surface area contributed by atoms with Gasteiger partial charge in [0.15, 0.2) is 0 Å². The van der Waals surface area contributed by atoms with Crippen LogP contribution in [0.1, 0.15) is 25.0 Å². The third-order valence-corrected chi connectivity index (χ3v) is 11.9. The van der Waals surface area contributed by atoms with Crippen LogP contribution in [0.2, 0.25) is 0 Å². The molecule has 2 nitrogen and oxygen atoms in total. The van der Waals surface area contributed by atoms with Gasteiger partial charge in [-0.15, -0.1) is 11.3 Å². The average Bonchev–Trinajstić information content (AvgIpc) is 3.83. The van der Waals surface area contributed by atoms with Crippen LogP contribution >= 0.6 is 11.3 Å². The highest BCUT2D eigenvalue weighted by atomic mass is 32.1. The van der Waals surface area contributed by atoms with Crippen LogP contribution in [0, 0.1) is 0 Å². The van der Waals surface area contributed by atoms with E-state index in [1.807, 2.05) is 23.5 Å². The van der Waals surface area contributed by atoms with Gasteiger partial charge in [0.1, 0.15) is 11.2 Å². The van der Waals surface area contributed by atoms with Crippen molar-refractivity contribution in [2.75, 3.05) is 0 Å². The summed E-state index contributed by atoms with van der Waals surface area (Å²) >= 11 is 1.87. The monoisotopic (exact) mass is 631 g/mol. The fourth-order valence-electron chi connectivity index (χ4n) is 8.43. The summed E-state index contributed by atoms with van der Waals surface area (Å²) < 4.78 is 11.3. The first-order valence-electron chi connectivity index (χ1n) is 16.6. The van der Waals surface area contributed by atoms with E-state index in [-0.39, 0.29) is 5.41 Å². The molecule has 10 aromatic rings. The second-order valence-corrected chi connectivity index (χ2v) is 14.8. The van der Waals surface area contributed by atoms with Gasteiger partial charge in [-0.05, 0) is 88.0 Å². The summed E-state index contributed by atoms with van der Waals surface area (Å²) in [4.78, 5) is 0. The lowest BCUT2D eigenvalue weighted by molar-refractivity contribution is 0.661. The second kappa shape index (κ2) is 9.25. The maximum absolute atomic E-state index is 6.21. The minimum Gasteiger partial charge on any atom is -0.456 e. The Kier molecular flexibility index (Phi) is 5.09. The first-order valence-corrected chi connectivity index (χ1v) is 17.4. The van der Waals surface area contributed by atoms with Crippen LogP contribution in [0.4, 0.5) is 0 Å². The van der Waals surface area contributed by atoms with Gasteiger partial charge in [-0.1, -0.05) is 98.8 Å². The van der Waals surface area contributed by atoms with Crippen molar-refractivity contribution < 1.29 is 4.42 Å². The van der Waals surface area contributed by atoms with Crippen LogP contribution in [0.5, 0.6) is 0 Å². The van der Waals surface area contributed by atoms with Gasteiger partial charge < -0.3 is 8.98 Å². The third-order valence-electron chi connectivity index (χ3n) is 10.8. The molecule has 0 spiro atoms. The number of hydrogen-bond donors (Lipinski definition) is 0. The lowest BCUT2D eigenvalue weighted by atomic mass is 9.82. The molecule has 0 radical (unpaired) electrons. The second-order valence-electron chi connectivity index (χ2n) is 13.7. The number of rotatable bonds is 2. The van der Waals surface area contributed by atoms with E-state index in [2.05, 4.69) is 146 Å². The highest BCUT2D eigenvalue weighted by molar-refractivity contribution is 7.25. The summed E-state index contributed by atoms with van der Waals surface area (Å²) in [6.45, 7) is 4.73. The molecule has 48 heavy (non-hydrogen) atoms. The molecule has 226 valence electrons. The lowest BCUT2D eigenvalue weighted by Gasteiger charge is -2.21. The van der Waals surface area contributed by atoms with E-state index < -0.39 is 0 Å². The lowest BCUT2D eigenvalue weighted by Crippen LogP contribution is -2.14. The zero-order valence-electron chi connectivity index (χ0n) is 26.5. The molecule has 0 saturated carbocycles. The van der Waals surface area contributed by atoms with Crippen molar-refractivity contribution in [2.24, 2.45) is 0 Å². The molecule has 3 heteroatoms. The van der Waals surface area contributed by atoms with Crippen LogP contribution in [0.3, 0.4) is 0 Å². The van der Waals surface area contributed by atoms with Gasteiger partial charge >= 0.3 is 0 Å². The van der Waals surface area contributed by atoms with Gasteiger partial charge in [-0.3, -0.25) is 0 Å². The molecule has 3 heterocycles. The van der Waals surface area contributed by atoms with Crippen molar-refractivity contribution in [3.63, 3.8) is 0 Å². The molecule has 0 bridgehead atoms. The molecule has 0 unspecified atom stereocenters. The summed E-state index contributed by atoms with van der Waals surface area (Å²) in [7, 11) is 0. The molecule has 1 aliphatic rings. The first-order chi connectivity index (χ1) is 23.5. The van der Waals surface area contributed by atoms with E-state index in [4.69, 9.17) is 4.42 Å². The SMILES string of the molecule is CC1(C)c2ccccc2-c2cc3c4ccccc4n(-c4ccc5c(c4)sc4cc(-c6ccc7c(c6)oc6ccccc67)ccc45)c3cc21. The number of benzene rings is 7. The van der Waals surface area contributed by atoms with E-state index >= 15 is 0 Å². The highest BCUT2D eigenvalue weighted by Gasteiger charge is 2.36. The van der Waals surface area contributed by atoms with Crippen LogP contribution in [-0.4, -0.2) is 4.57 Å². The molecule has 1 aliphatic carbocycles. The topological polar surface area (TPSA) is 18.1 Å². The van der Waals surface area contributed by atoms with Crippen molar-refractivity contribution in [3.05, 3.63) is 151 Å². The average molecular weight is 632 g/mol. The van der Waals surface area contributed by atoms with E-state index in [9.17, 15) is 0 Å². The number of aromatic nitrogens is 1. The van der Waals surface area contributed by atoms with Crippen LogP contribution in [0.15, 0.2) is 144 Å². The summed E-state index contributed by atoms with van der Waals surface area (Å²) in [6, 6.07) is 51.4. The summed E-state index contributed by atoms with van der Waals surface area (Å²) in [5, 5.41) is 7.52. The Morgan fingerprint density at radius 2 is 1.17 bits per heavy atom. The molecule has 0 saturated heterocycles. The van der Waals surface area contributed by atoms with E-state index in [0.717, 1.165) is 21.9 Å². The van der Waals surface area contributed by atoms with Gasteiger partial charge in [0.2, 0.25) is 0 Å². The number of hydrogen-bond acceptors (Lipinski definition) is 2. The normalized spacial score (nSPS) is 13.8. The largest absolute Gasteiger partial charge is 0.456 e. The first kappa shape index (κ1) is 26.4. The summed E-state index contributed by atoms with van der Waals surface area (Å²) in [5.74, 6) is 0. The minimum atomic E-state index is -0.0521. The zero-order chi connectivity index (χ0) is 31.7. The van der Waals surface area contributed by atoms with E-state index in [0.29, 0.717) is 0 Å². The van der Waals surface area contributed by atoms with Gasteiger partial charge in [0.25, 0.3) is 0 Å². The van der Waals surface area contributed by atoms with Crippen LogP contribution in [0.25, 0.3) is 91.9 Å². The number of thiophene rings is 1. The predicted octanol–water partition coefficient (Wildman–Crippen LogP) is 13.0. The van der Waals surface area contributed by atoms with Gasteiger partial charge in [0.05, 0.1) is 11.0 Å². The summed E-state index contributed by atoms with van der Waals surface area (Å²) in [6.07, 6.45) is 0. The molecule has 7 aromatic carbocycles. The van der Waals surface area contributed by atoms with Gasteiger partial charge in [-0.25, -0.2) is 0 Å². The molecular weight excluding hydrogens is 603 g/mol. The maximum atomic E-state index is 6.21. The Balaban J connectivity index is 1.07. The minimum absolute atomic E-state index is 0.0521. The zero-order valence-corrected chi connectivity index (χ0v) is 27.4. The number of fused-ring (bicyclic) bond motifs is 12. The van der Waals surface area contributed by atoms with E-state index in [1.54, 1.807) is 0 Å². The molecule has 3 aromatic heterocycles. The molecular formula is C45H29NOS. The van der Waals surface area contributed by atoms with Crippen molar-refractivity contribution in [1.82, 2.24) is 4.57 Å². The number of furan rings is 1. The van der Waals surface area contributed by atoms with Crippen molar-refractivity contribution >= 4 is 75.3 Å². The van der Waals surface area contributed by atoms with Crippen molar-refractivity contribution in [1.29, 1.82) is 0 Å². The standard InChI is InChI=1S/C45H29NOS/c1-45(2)37-12-6-3-9-29(37)35-24-36-30-10-4-7-13-39(30)46(40(36)25-38(35)45)28-17-20-34-33-19-16-27(22-43(33)48-44(34)23-28)26-15-18-32-31-11-5-8-14-41(31)47-42(32)21-26/h3-25H,1-2H3. The Bertz CT molecular complexity index is 2990. The Hall–Kier alpha value is -5.64. The van der Waals surface area contributed by atoms with Crippen LogP contribution < -0.4 is 0 Å². The predicted molar refractivity (Wildman–Crippen MR) is 204 cm³/mol. The molecule has 0 atom stereocenters. The van der Waals surface area contributed by atoms with E-state index in [1.165, 1.54) is 81.0 Å². The fraction of sp³-hybridized carbons (Fsp3) is 0.0667.